The third-order valence-electron chi connectivity index (χ3n) is 3.32. The monoisotopic (exact) mass is 383 g/mol. The molecule has 7 heteroatoms. The number of nitrogens with zero attached hydrogens (tertiary/aromatic N) is 4. The number of rotatable bonds is 5. The van der Waals surface area contributed by atoms with Crippen LogP contribution in [0.3, 0.4) is 0 Å². The predicted octanol–water partition coefficient (Wildman–Crippen LogP) is 5.20. The highest BCUT2D eigenvalue weighted by atomic mass is 35.5. The van der Waals surface area contributed by atoms with Crippen LogP contribution in [0.25, 0.3) is 0 Å². The summed E-state index contributed by atoms with van der Waals surface area (Å²) in [4.78, 5) is 14.1. The highest BCUT2D eigenvalue weighted by Gasteiger charge is 2.10. The molecule has 0 saturated carbocycles. The summed E-state index contributed by atoms with van der Waals surface area (Å²) in [6.07, 6.45) is 9.07. The molecule has 26 heavy (non-hydrogen) atoms. The number of benzene rings is 1. The van der Waals surface area contributed by atoms with Crippen LogP contribution in [0.1, 0.15) is 0 Å². The van der Waals surface area contributed by atoms with Crippen molar-refractivity contribution in [2.75, 3.05) is 19.4 Å². The molecule has 0 atom stereocenters. The lowest BCUT2D eigenvalue weighted by atomic mass is 10.1. The second-order valence-electron chi connectivity index (χ2n) is 5.67. The van der Waals surface area contributed by atoms with Gasteiger partial charge in [-0.05, 0) is 55.9 Å². The lowest BCUT2D eigenvalue weighted by Gasteiger charge is -2.14. The Morgan fingerprint density at radius 3 is 2.62 bits per heavy atom. The van der Waals surface area contributed by atoms with Crippen LogP contribution in [0.15, 0.2) is 76.8 Å². The number of anilines is 2. The Labute approximate surface area is 162 Å². The normalized spacial score (nSPS) is 13.4. The maximum absolute atomic E-state index is 6.27. The van der Waals surface area contributed by atoms with Gasteiger partial charge in [0, 0.05) is 4.90 Å². The summed E-state index contributed by atoms with van der Waals surface area (Å²) in [6.45, 7) is 3.86. The summed E-state index contributed by atoms with van der Waals surface area (Å²) in [5.41, 5.74) is 2.60. The Kier molecular flexibility index (Phi) is 5.88. The summed E-state index contributed by atoms with van der Waals surface area (Å²) in [7, 11) is 3.99. The molecule has 0 fully saturated rings. The van der Waals surface area contributed by atoms with E-state index in [0.717, 1.165) is 21.9 Å². The van der Waals surface area contributed by atoms with Crippen molar-refractivity contribution in [1.29, 1.82) is 0 Å². The number of halogens is 1. The van der Waals surface area contributed by atoms with E-state index in [1.165, 1.54) is 0 Å². The SMILES string of the molecule is C=C1C=CC(=Nc2ncc(Cl)c(Nc3ccccc3SN(C)C)n2)C=C1. The Morgan fingerprint density at radius 1 is 1.15 bits per heavy atom. The summed E-state index contributed by atoms with van der Waals surface area (Å²) >= 11 is 7.89. The molecule has 1 aliphatic carbocycles. The number of nitrogens with one attached hydrogen (secondary N) is 1. The van der Waals surface area contributed by atoms with Gasteiger partial charge in [0.15, 0.2) is 5.82 Å². The molecule has 2 aromatic rings. The minimum atomic E-state index is 0.339. The van der Waals surface area contributed by atoms with Gasteiger partial charge >= 0.3 is 0 Å². The maximum Gasteiger partial charge on any atom is 0.251 e. The lowest BCUT2D eigenvalue weighted by molar-refractivity contribution is 0.703. The lowest BCUT2D eigenvalue weighted by Crippen LogP contribution is -2.02. The quantitative estimate of drug-likeness (QED) is 0.719. The Hall–Kier alpha value is -2.41. The Bertz CT molecular complexity index is 900. The molecular weight excluding hydrogens is 366 g/mol. The number of aliphatic imine (C=N–C) groups is 1. The van der Waals surface area contributed by atoms with E-state index in [9.17, 15) is 0 Å². The molecule has 0 radical (unpaired) electrons. The molecule has 0 unspecified atom stereocenters. The molecule has 1 aromatic carbocycles. The second-order valence-corrected chi connectivity index (χ2v) is 7.43. The van der Waals surface area contributed by atoms with Crippen molar-refractivity contribution in [3.05, 3.63) is 71.9 Å². The first-order chi connectivity index (χ1) is 12.5. The fraction of sp³-hybridized carbons (Fsp3) is 0.105. The number of hydrogen-bond acceptors (Lipinski definition) is 6. The van der Waals surface area contributed by atoms with Crippen molar-refractivity contribution in [3.63, 3.8) is 0 Å². The van der Waals surface area contributed by atoms with Crippen LogP contribution in [0.4, 0.5) is 17.5 Å². The van der Waals surface area contributed by atoms with E-state index in [-0.39, 0.29) is 0 Å². The summed E-state index contributed by atoms with van der Waals surface area (Å²) in [6, 6.07) is 7.97. The van der Waals surface area contributed by atoms with E-state index >= 15 is 0 Å². The molecule has 1 aliphatic rings. The van der Waals surface area contributed by atoms with Gasteiger partial charge in [-0.1, -0.05) is 42.5 Å². The molecule has 132 valence electrons. The first-order valence-electron chi connectivity index (χ1n) is 7.89. The van der Waals surface area contributed by atoms with E-state index in [4.69, 9.17) is 11.6 Å². The molecular formula is C19H18ClN5S. The van der Waals surface area contributed by atoms with Crippen molar-refractivity contribution < 1.29 is 0 Å². The van der Waals surface area contributed by atoms with Gasteiger partial charge in [-0.2, -0.15) is 4.98 Å². The van der Waals surface area contributed by atoms with Crippen LogP contribution in [-0.2, 0) is 0 Å². The Balaban J connectivity index is 1.88. The van der Waals surface area contributed by atoms with E-state index in [0.29, 0.717) is 16.8 Å². The minimum absolute atomic E-state index is 0.339. The molecule has 3 rings (SSSR count). The van der Waals surface area contributed by atoms with Crippen LogP contribution in [0.2, 0.25) is 5.02 Å². The van der Waals surface area contributed by atoms with Crippen LogP contribution >= 0.6 is 23.5 Å². The standard InChI is InChI=1S/C19H18ClN5S/c1-13-8-10-14(11-9-13)22-19-21-12-15(20)18(24-19)23-16-6-4-5-7-17(16)26-25(2)3/h4-12H,1H2,2-3H3,(H,21,23,24). The minimum Gasteiger partial charge on any atom is -0.338 e. The smallest absolute Gasteiger partial charge is 0.251 e. The fourth-order valence-electron chi connectivity index (χ4n) is 2.16. The topological polar surface area (TPSA) is 53.4 Å². The summed E-state index contributed by atoms with van der Waals surface area (Å²) in [5, 5.41) is 3.71. The zero-order chi connectivity index (χ0) is 18.5. The van der Waals surface area contributed by atoms with E-state index in [1.807, 2.05) is 67.0 Å². The average Bonchev–Trinajstić information content (AvgIpc) is 2.61. The fourth-order valence-corrected chi connectivity index (χ4v) is 3.05. The van der Waals surface area contributed by atoms with Gasteiger partial charge in [0.1, 0.15) is 5.02 Å². The molecule has 1 heterocycles. The largest absolute Gasteiger partial charge is 0.338 e. The van der Waals surface area contributed by atoms with Gasteiger partial charge in [0.25, 0.3) is 5.95 Å². The van der Waals surface area contributed by atoms with Crippen molar-refractivity contribution in [1.82, 2.24) is 14.3 Å². The predicted molar refractivity (Wildman–Crippen MR) is 111 cm³/mol. The summed E-state index contributed by atoms with van der Waals surface area (Å²) in [5.74, 6) is 0.854. The molecule has 1 N–H and O–H groups in total. The van der Waals surface area contributed by atoms with E-state index in [1.54, 1.807) is 18.1 Å². The maximum atomic E-state index is 6.27. The van der Waals surface area contributed by atoms with Crippen molar-refractivity contribution in [2.45, 2.75) is 4.90 Å². The molecule has 0 amide bonds. The molecule has 0 spiro atoms. The summed E-state index contributed by atoms with van der Waals surface area (Å²) < 4.78 is 2.02. The number of aromatic nitrogens is 2. The van der Waals surface area contributed by atoms with Crippen molar-refractivity contribution in [2.24, 2.45) is 4.99 Å². The van der Waals surface area contributed by atoms with Crippen LogP contribution in [0.5, 0.6) is 0 Å². The average molecular weight is 384 g/mol. The third-order valence-corrected chi connectivity index (χ3v) is 4.51. The van der Waals surface area contributed by atoms with Gasteiger partial charge in [0.2, 0.25) is 0 Å². The van der Waals surface area contributed by atoms with Crippen LogP contribution in [0, 0.1) is 0 Å². The molecule has 0 saturated heterocycles. The molecule has 5 nitrogen and oxygen atoms in total. The molecule has 0 bridgehead atoms. The van der Waals surface area contributed by atoms with Crippen molar-refractivity contribution >= 4 is 46.7 Å². The van der Waals surface area contributed by atoms with Gasteiger partial charge in [-0.3, -0.25) is 4.31 Å². The highest BCUT2D eigenvalue weighted by molar-refractivity contribution is 7.97. The highest BCUT2D eigenvalue weighted by Crippen LogP contribution is 2.32. The zero-order valence-electron chi connectivity index (χ0n) is 14.5. The van der Waals surface area contributed by atoms with Crippen LogP contribution < -0.4 is 5.32 Å². The molecule has 1 aromatic heterocycles. The van der Waals surface area contributed by atoms with E-state index in [2.05, 4.69) is 26.9 Å². The van der Waals surface area contributed by atoms with Crippen LogP contribution in [-0.4, -0.2) is 34.1 Å². The first kappa shape index (κ1) is 18.4. The van der Waals surface area contributed by atoms with Crippen molar-refractivity contribution in [3.8, 4) is 0 Å². The van der Waals surface area contributed by atoms with Gasteiger partial charge in [0.05, 0.1) is 17.6 Å². The second kappa shape index (κ2) is 8.31. The van der Waals surface area contributed by atoms with Gasteiger partial charge < -0.3 is 5.32 Å². The Morgan fingerprint density at radius 2 is 1.88 bits per heavy atom. The first-order valence-corrected chi connectivity index (χ1v) is 9.04. The van der Waals surface area contributed by atoms with Gasteiger partial charge in [-0.15, -0.1) is 0 Å². The molecule has 0 aliphatic heterocycles. The number of para-hydroxylation sites is 1. The zero-order valence-corrected chi connectivity index (χ0v) is 16.1. The third kappa shape index (κ3) is 4.82. The number of allylic oxidation sites excluding steroid dienone is 5. The number of hydrogen-bond donors (Lipinski definition) is 1. The van der Waals surface area contributed by atoms with Gasteiger partial charge in [-0.25, -0.2) is 9.98 Å². The van der Waals surface area contributed by atoms with E-state index < -0.39 is 0 Å².